The number of amides is 1. The van der Waals surface area contributed by atoms with Crippen LogP contribution in [0.1, 0.15) is 18.9 Å². The van der Waals surface area contributed by atoms with Crippen LogP contribution in [0.15, 0.2) is 53.2 Å². The number of amidine groups is 1. The van der Waals surface area contributed by atoms with Crippen LogP contribution in [0, 0.1) is 0 Å². The molecule has 0 saturated carbocycles. The summed E-state index contributed by atoms with van der Waals surface area (Å²) >= 11 is 0. The number of methoxy groups -OCH3 is 3. The van der Waals surface area contributed by atoms with Gasteiger partial charge in [0.15, 0.2) is 5.70 Å². The van der Waals surface area contributed by atoms with Gasteiger partial charge in [-0.25, -0.2) is 29.1 Å². The number of carbonyl (C=O) groups excluding carboxylic acids is 4. The largest absolute Gasteiger partial charge is 0.467 e. The highest BCUT2D eigenvalue weighted by Gasteiger charge is 2.68. The molecule has 0 N–H and O–H groups in total. The number of esters is 3. The number of ether oxygens (including phenoxy) is 4. The standard InChI is InChI=1S/C25H27N3O8/c1-6-12-27-15-11-9-8-10-14(15)25-13-16(20(29)33-3)28(24(32)36-7-2)23(25)26-18(22(31)35-5)17(19(25)27)21(30)34-4/h6,8-11,16,19H,1,7,12-13H2,2-5H3/t16?,19?,25-/m0/s1. The molecule has 11 nitrogen and oxygen atoms in total. The number of hydrogen-bond acceptors (Lipinski definition) is 10. The summed E-state index contributed by atoms with van der Waals surface area (Å²) in [6.45, 7) is 5.81. The highest BCUT2D eigenvalue weighted by Crippen LogP contribution is 2.57. The van der Waals surface area contributed by atoms with E-state index in [1.54, 1.807) is 13.0 Å². The van der Waals surface area contributed by atoms with E-state index in [-0.39, 0.29) is 36.7 Å². The minimum absolute atomic E-state index is 0.0294. The van der Waals surface area contributed by atoms with E-state index in [0.29, 0.717) is 0 Å². The second-order valence-electron chi connectivity index (χ2n) is 8.32. The van der Waals surface area contributed by atoms with Crippen molar-refractivity contribution in [3.05, 3.63) is 53.8 Å². The summed E-state index contributed by atoms with van der Waals surface area (Å²) in [4.78, 5) is 59.9. The van der Waals surface area contributed by atoms with E-state index in [1.165, 1.54) is 14.2 Å². The summed E-state index contributed by atoms with van der Waals surface area (Å²) in [6, 6.07) is 5.37. The number of rotatable bonds is 6. The zero-order chi connectivity index (χ0) is 26.2. The molecule has 36 heavy (non-hydrogen) atoms. The highest BCUT2D eigenvalue weighted by molar-refractivity contribution is 6.16. The minimum atomic E-state index is -1.19. The molecule has 1 spiro atoms. The van der Waals surface area contributed by atoms with Crippen molar-refractivity contribution in [3.8, 4) is 0 Å². The molecule has 3 heterocycles. The number of fused-ring (bicyclic) bond motifs is 1. The molecule has 1 fully saturated rings. The molecule has 0 aliphatic carbocycles. The number of hydrogen-bond donors (Lipinski definition) is 0. The van der Waals surface area contributed by atoms with Crippen LogP contribution in [0.4, 0.5) is 10.5 Å². The lowest BCUT2D eigenvalue weighted by atomic mass is 9.69. The Morgan fingerprint density at radius 3 is 2.42 bits per heavy atom. The second kappa shape index (κ2) is 9.48. The van der Waals surface area contributed by atoms with Crippen molar-refractivity contribution >= 4 is 35.5 Å². The van der Waals surface area contributed by atoms with Crippen molar-refractivity contribution in [2.45, 2.75) is 30.8 Å². The van der Waals surface area contributed by atoms with Crippen molar-refractivity contribution < 1.29 is 38.1 Å². The molecule has 190 valence electrons. The average molecular weight is 498 g/mol. The first kappa shape index (κ1) is 25.0. The van der Waals surface area contributed by atoms with Gasteiger partial charge in [0.05, 0.1) is 45.0 Å². The zero-order valence-electron chi connectivity index (χ0n) is 20.5. The molecule has 3 aliphatic heterocycles. The lowest BCUT2D eigenvalue weighted by molar-refractivity contribution is -0.144. The third kappa shape index (κ3) is 3.37. The monoisotopic (exact) mass is 497 g/mol. The van der Waals surface area contributed by atoms with E-state index in [4.69, 9.17) is 18.9 Å². The fourth-order valence-corrected chi connectivity index (χ4v) is 5.46. The average Bonchev–Trinajstić information content (AvgIpc) is 3.38. The van der Waals surface area contributed by atoms with Gasteiger partial charge in [-0.3, -0.25) is 0 Å². The molecule has 2 unspecified atom stereocenters. The van der Waals surface area contributed by atoms with Gasteiger partial charge in [0.2, 0.25) is 0 Å². The van der Waals surface area contributed by atoms with Crippen molar-refractivity contribution in [3.63, 3.8) is 0 Å². The smallest absolute Gasteiger partial charge is 0.416 e. The van der Waals surface area contributed by atoms with Crippen LogP contribution in [0.5, 0.6) is 0 Å². The molecular weight excluding hydrogens is 470 g/mol. The van der Waals surface area contributed by atoms with Gasteiger partial charge < -0.3 is 23.8 Å². The molecule has 11 heteroatoms. The van der Waals surface area contributed by atoms with Crippen molar-refractivity contribution in [1.82, 2.24) is 4.90 Å². The van der Waals surface area contributed by atoms with E-state index < -0.39 is 41.5 Å². The van der Waals surface area contributed by atoms with E-state index in [1.807, 2.05) is 29.2 Å². The van der Waals surface area contributed by atoms with Crippen LogP contribution >= 0.6 is 0 Å². The summed E-state index contributed by atoms with van der Waals surface area (Å²) in [6.07, 6.45) is 0.860. The molecule has 1 aromatic rings. The Hall–Kier alpha value is -4.15. The first-order chi connectivity index (χ1) is 17.3. The Bertz CT molecular complexity index is 1210. The number of likely N-dealkylation sites (tertiary alicyclic amines) is 1. The van der Waals surface area contributed by atoms with E-state index in [9.17, 15) is 19.2 Å². The maximum absolute atomic E-state index is 13.2. The normalized spacial score (nSPS) is 23.7. The maximum atomic E-state index is 13.2. The Morgan fingerprint density at radius 2 is 1.81 bits per heavy atom. The van der Waals surface area contributed by atoms with E-state index in [0.717, 1.165) is 23.3 Å². The van der Waals surface area contributed by atoms with Gasteiger partial charge in [0.1, 0.15) is 11.9 Å². The molecular formula is C25H27N3O8. The van der Waals surface area contributed by atoms with Crippen molar-refractivity contribution in [2.24, 2.45) is 4.99 Å². The number of nitrogens with zero attached hydrogens (tertiary/aromatic N) is 3. The first-order valence-electron chi connectivity index (χ1n) is 11.3. The first-order valence-corrected chi connectivity index (χ1v) is 11.3. The van der Waals surface area contributed by atoms with Crippen LogP contribution in [0.25, 0.3) is 0 Å². The van der Waals surface area contributed by atoms with Crippen LogP contribution in [0.3, 0.4) is 0 Å². The predicted molar refractivity (Wildman–Crippen MR) is 127 cm³/mol. The van der Waals surface area contributed by atoms with Gasteiger partial charge in [-0.05, 0) is 25.0 Å². The molecule has 0 bridgehead atoms. The lowest BCUT2D eigenvalue weighted by Crippen LogP contribution is -2.56. The van der Waals surface area contributed by atoms with Crippen molar-refractivity contribution in [1.29, 1.82) is 0 Å². The van der Waals surface area contributed by atoms with Gasteiger partial charge in [-0.1, -0.05) is 24.3 Å². The van der Waals surface area contributed by atoms with Gasteiger partial charge in [-0.2, -0.15) is 0 Å². The Labute approximate surface area is 207 Å². The summed E-state index contributed by atoms with van der Waals surface area (Å²) in [7, 11) is 3.58. The summed E-state index contributed by atoms with van der Waals surface area (Å²) < 4.78 is 20.3. The van der Waals surface area contributed by atoms with Crippen LogP contribution in [-0.2, 0) is 38.7 Å². The van der Waals surface area contributed by atoms with E-state index >= 15 is 0 Å². The summed E-state index contributed by atoms with van der Waals surface area (Å²) in [5, 5.41) is 0. The maximum Gasteiger partial charge on any atom is 0.416 e. The molecule has 0 radical (unpaired) electrons. The number of aliphatic imine (C=N–C) groups is 1. The number of para-hydroxylation sites is 1. The van der Waals surface area contributed by atoms with Crippen LogP contribution in [0.2, 0.25) is 0 Å². The molecule has 1 aromatic carbocycles. The number of carbonyl (C=O) groups is 4. The third-order valence-corrected chi connectivity index (χ3v) is 6.72. The lowest BCUT2D eigenvalue weighted by Gasteiger charge is -2.40. The van der Waals surface area contributed by atoms with Gasteiger partial charge in [-0.15, -0.1) is 6.58 Å². The molecule has 3 atom stereocenters. The fraction of sp³-hybridized carbons (Fsp3) is 0.400. The fourth-order valence-electron chi connectivity index (χ4n) is 5.46. The highest BCUT2D eigenvalue weighted by atomic mass is 16.6. The Balaban J connectivity index is 2.11. The Morgan fingerprint density at radius 1 is 1.11 bits per heavy atom. The molecule has 1 saturated heterocycles. The summed E-state index contributed by atoms with van der Waals surface area (Å²) in [5.74, 6) is -2.27. The molecule has 1 amide bonds. The number of benzene rings is 1. The predicted octanol–water partition coefficient (Wildman–Crippen LogP) is 1.71. The van der Waals surface area contributed by atoms with Crippen LogP contribution < -0.4 is 4.90 Å². The van der Waals surface area contributed by atoms with Gasteiger partial charge in [0.25, 0.3) is 0 Å². The second-order valence-corrected chi connectivity index (χ2v) is 8.32. The van der Waals surface area contributed by atoms with E-state index in [2.05, 4.69) is 11.6 Å². The Kier molecular flexibility index (Phi) is 6.57. The SMILES string of the molecule is C=CCN1c2ccccc2[C@]23CC(C(=O)OC)N(C(=O)OCC)C2=NC(C(=O)OC)=C(C(=O)OC)C13. The van der Waals surface area contributed by atoms with Crippen molar-refractivity contribution in [2.75, 3.05) is 39.4 Å². The van der Waals surface area contributed by atoms with Gasteiger partial charge >= 0.3 is 24.0 Å². The topological polar surface area (TPSA) is 124 Å². The van der Waals surface area contributed by atoms with Crippen LogP contribution in [-0.4, -0.2) is 81.3 Å². The van der Waals surface area contributed by atoms with Gasteiger partial charge in [0, 0.05) is 12.2 Å². The third-order valence-electron chi connectivity index (χ3n) is 6.72. The number of anilines is 1. The molecule has 4 rings (SSSR count). The minimum Gasteiger partial charge on any atom is -0.467 e. The quantitative estimate of drug-likeness (QED) is 0.328. The molecule has 3 aliphatic rings. The zero-order valence-corrected chi connectivity index (χ0v) is 20.5. The molecule has 0 aromatic heterocycles. The summed E-state index contributed by atoms with van der Waals surface area (Å²) in [5.41, 5.74) is -0.0904.